The molecule has 14 nitrogen and oxygen atoms in total. The lowest BCUT2D eigenvalue weighted by atomic mass is 10.2. The van der Waals surface area contributed by atoms with E-state index in [2.05, 4.69) is 10.5 Å². The number of hydrogen-bond donors (Lipinski definition) is 1. The molecule has 0 aliphatic carbocycles. The minimum absolute atomic E-state index is 0.0789. The monoisotopic (exact) mass is 537 g/mol. The van der Waals surface area contributed by atoms with Gasteiger partial charge in [0.1, 0.15) is 0 Å². The normalized spacial score (nSPS) is 10.9. The van der Waals surface area contributed by atoms with Crippen LogP contribution in [0, 0.1) is 30.3 Å². The van der Waals surface area contributed by atoms with Gasteiger partial charge in [0.25, 0.3) is 17.3 Å². The van der Waals surface area contributed by atoms with Gasteiger partial charge in [0, 0.05) is 28.3 Å². The highest BCUT2D eigenvalue weighted by molar-refractivity contribution is 7.20. The molecule has 0 radical (unpaired) electrons. The van der Waals surface area contributed by atoms with Crippen molar-refractivity contribution in [1.82, 2.24) is 5.43 Å². The van der Waals surface area contributed by atoms with Crippen LogP contribution in [0.1, 0.15) is 15.2 Å². The van der Waals surface area contributed by atoms with Crippen LogP contribution in [0.15, 0.2) is 65.8 Å². The number of methoxy groups -OCH3 is 1. The summed E-state index contributed by atoms with van der Waals surface area (Å²) in [6.45, 7) is 0. The summed E-state index contributed by atoms with van der Waals surface area (Å²) in [6.07, 6.45) is 1.33. The van der Waals surface area contributed by atoms with Gasteiger partial charge in [-0.1, -0.05) is 0 Å². The number of ether oxygens (including phenoxy) is 2. The number of rotatable bonds is 9. The van der Waals surface area contributed by atoms with Crippen molar-refractivity contribution in [2.24, 2.45) is 5.10 Å². The zero-order chi connectivity index (χ0) is 27.4. The van der Waals surface area contributed by atoms with Crippen LogP contribution in [0.3, 0.4) is 0 Å². The van der Waals surface area contributed by atoms with E-state index in [1.54, 1.807) is 12.1 Å². The molecule has 38 heavy (non-hydrogen) atoms. The maximum Gasteiger partial charge on any atom is 0.318 e. The van der Waals surface area contributed by atoms with E-state index in [1.807, 2.05) is 0 Å². The first-order chi connectivity index (χ1) is 18.2. The predicted octanol–water partition coefficient (Wildman–Crippen LogP) is 5.19. The molecule has 1 amide bonds. The number of nitro groups is 3. The summed E-state index contributed by atoms with van der Waals surface area (Å²) < 4.78 is 11.6. The molecular formula is C23H15N5O9S. The Balaban J connectivity index is 1.48. The Hall–Kier alpha value is -5.44. The fourth-order valence-corrected chi connectivity index (χ4v) is 4.23. The molecular weight excluding hydrogens is 522 g/mol. The van der Waals surface area contributed by atoms with Crippen molar-refractivity contribution in [3.8, 4) is 17.2 Å². The van der Waals surface area contributed by atoms with Crippen LogP contribution < -0.4 is 14.9 Å². The van der Waals surface area contributed by atoms with E-state index in [1.165, 1.54) is 43.7 Å². The lowest BCUT2D eigenvalue weighted by Gasteiger charge is -2.11. The average Bonchev–Trinajstić information content (AvgIpc) is 3.33. The number of nitrogens with one attached hydrogen (secondary N) is 1. The van der Waals surface area contributed by atoms with Gasteiger partial charge in [-0.15, -0.1) is 11.3 Å². The van der Waals surface area contributed by atoms with Crippen molar-refractivity contribution in [3.63, 3.8) is 0 Å². The molecule has 1 heterocycles. The highest BCUT2D eigenvalue weighted by atomic mass is 32.1. The number of non-ortho nitro benzene ring substituents is 2. The van der Waals surface area contributed by atoms with Crippen LogP contribution in [0.25, 0.3) is 10.1 Å². The Bertz CT molecular complexity index is 1630. The highest BCUT2D eigenvalue weighted by Gasteiger charge is 2.22. The molecule has 0 spiro atoms. The Morgan fingerprint density at radius 3 is 2.24 bits per heavy atom. The predicted molar refractivity (Wildman–Crippen MR) is 136 cm³/mol. The standard InChI is InChI=1S/C23H15N5O9S/c1-36-20-8-13(2-5-19(20)37-18-6-3-16(27(32)33)11-17(18)28(34)35)12-24-25-23(29)22-10-14-9-15(26(30)31)4-7-21(14)38-22/h2-12H,1H3,(H,25,29)/b24-12-. The average molecular weight is 537 g/mol. The largest absolute Gasteiger partial charge is 0.493 e. The molecule has 0 unspecified atom stereocenters. The molecule has 3 aromatic carbocycles. The molecule has 1 aromatic heterocycles. The zero-order valence-electron chi connectivity index (χ0n) is 19.2. The van der Waals surface area contributed by atoms with Crippen LogP contribution in [-0.4, -0.2) is 34.0 Å². The minimum atomic E-state index is -0.795. The lowest BCUT2D eigenvalue weighted by Crippen LogP contribution is -2.16. The smallest absolute Gasteiger partial charge is 0.318 e. The fourth-order valence-electron chi connectivity index (χ4n) is 3.29. The first-order valence-electron chi connectivity index (χ1n) is 10.5. The van der Waals surface area contributed by atoms with Crippen molar-refractivity contribution in [3.05, 3.63) is 101 Å². The Labute approximate surface area is 216 Å². The number of nitrogens with zero attached hydrogens (tertiary/aromatic N) is 4. The Morgan fingerprint density at radius 2 is 1.55 bits per heavy atom. The van der Waals surface area contributed by atoms with Crippen molar-refractivity contribution >= 4 is 50.6 Å². The van der Waals surface area contributed by atoms with Gasteiger partial charge in [0.2, 0.25) is 5.75 Å². The molecule has 1 N–H and O–H groups in total. The quantitative estimate of drug-likeness (QED) is 0.170. The molecule has 0 aliphatic rings. The first-order valence-corrected chi connectivity index (χ1v) is 11.3. The van der Waals surface area contributed by atoms with Crippen molar-refractivity contribution < 1.29 is 29.0 Å². The summed E-state index contributed by atoms with van der Waals surface area (Å²) >= 11 is 1.16. The highest BCUT2D eigenvalue weighted by Crippen LogP contribution is 2.38. The molecule has 0 saturated heterocycles. The number of thiophene rings is 1. The van der Waals surface area contributed by atoms with Crippen molar-refractivity contribution in [2.75, 3.05) is 7.11 Å². The number of fused-ring (bicyclic) bond motifs is 1. The van der Waals surface area contributed by atoms with Crippen molar-refractivity contribution in [1.29, 1.82) is 0 Å². The van der Waals surface area contributed by atoms with Gasteiger partial charge in [-0.3, -0.25) is 35.1 Å². The molecule has 15 heteroatoms. The van der Waals surface area contributed by atoms with Crippen LogP contribution >= 0.6 is 11.3 Å². The van der Waals surface area contributed by atoms with Gasteiger partial charge in [-0.05, 0) is 42.0 Å². The Kier molecular flexibility index (Phi) is 7.20. The molecule has 0 atom stereocenters. The molecule has 192 valence electrons. The molecule has 4 rings (SSSR count). The number of carbonyl (C=O) groups is 1. The van der Waals surface area contributed by atoms with Crippen LogP contribution in [-0.2, 0) is 0 Å². The topological polar surface area (TPSA) is 189 Å². The van der Waals surface area contributed by atoms with Crippen molar-refractivity contribution in [2.45, 2.75) is 0 Å². The van der Waals surface area contributed by atoms with Gasteiger partial charge < -0.3 is 9.47 Å². The SMILES string of the molecule is COc1cc(/C=N\NC(=O)c2cc3cc([N+](=O)[O-])ccc3s2)ccc1Oc1ccc([N+](=O)[O-])cc1[N+](=O)[O-]. The van der Waals surface area contributed by atoms with Crippen LogP contribution in [0.2, 0.25) is 0 Å². The van der Waals surface area contributed by atoms with E-state index in [4.69, 9.17) is 9.47 Å². The second-order valence-electron chi connectivity index (χ2n) is 7.47. The summed E-state index contributed by atoms with van der Waals surface area (Å²) in [5.41, 5.74) is 1.73. The summed E-state index contributed by atoms with van der Waals surface area (Å²) in [7, 11) is 1.35. The van der Waals surface area contributed by atoms with E-state index in [0.717, 1.165) is 29.5 Å². The summed E-state index contributed by atoms with van der Waals surface area (Å²) in [5.74, 6) is -0.451. The van der Waals surface area contributed by atoms with Gasteiger partial charge >= 0.3 is 5.69 Å². The number of hydrogen-bond acceptors (Lipinski definition) is 11. The third-order valence-electron chi connectivity index (χ3n) is 5.07. The molecule has 0 aliphatic heterocycles. The maximum atomic E-state index is 12.5. The van der Waals surface area contributed by atoms with Crippen LogP contribution in [0.4, 0.5) is 17.1 Å². The fraction of sp³-hybridized carbons (Fsp3) is 0.0435. The van der Waals surface area contributed by atoms with E-state index >= 15 is 0 Å². The third kappa shape index (κ3) is 5.52. The number of carbonyl (C=O) groups excluding carboxylic acids is 1. The number of hydrazone groups is 1. The molecule has 0 bridgehead atoms. The van der Waals surface area contributed by atoms with Crippen LogP contribution in [0.5, 0.6) is 17.2 Å². The molecule has 0 fully saturated rings. The summed E-state index contributed by atoms with van der Waals surface area (Å²) in [5, 5.41) is 37.7. The number of benzene rings is 3. The second-order valence-corrected chi connectivity index (χ2v) is 8.55. The van der Waals surface area contributed by atoms with E-state index in [-0.39, 0.29) is 22.9 Å². The lowest BCUT2D eigenvalue weighted by molar-refractivity contribution is -0.394. The third-order valence-corrected chi connectivity index (χ3v) is 6.19. The van der Waals surface area contributed by atoms with E-state index in [0.29, 0.717) is 20.5 Å². The van der Waals surface area contributed by atoms with Gasteiger partial charge in [0.05, 0.1) is 39.0 Å². The summed E-state index contributed by atoms with van der Waals surface area (Å²) in [4.78, 5) is 43.9. The Morgan fingerprint density at radius 1 is 0.868 bits per heavy atom. The maximum absolute atomic E-state index is 12.5. The summed E-state index contributed by atoms with van der Waals surface area (Å²) in [6, 6.07) is 13.3. The molecule has 4 aromatic rings. The van der Waals surface area contributed by atoms with Gasteiger partial charge in [0.15, 0.2) is 11.5 Å². The van der Waals surface area contributed by atoms with Gasteiger partial charge in [-0.2, -0.15) is 5.10 Å². The number of nitro benzene ring substituents is 3. The molecule has 0 saturated carbocycles. The van der Waals surface area contributed by atoms with E-state index < -0.39 is 32.1 Å². The second kappa shape index (κ2) is 10.7. The first kappa shape index (κ1) is 25.6. The minimum Gasteiger partial charge on any atom is -0.493 e. The van der Waals surface area contributed by atoms with E-state index in [9.17, 15) is 35.1 Å². The zero-order valence-corrected chi connectivity index (χ0v) is 20.0. The number of amides is 1. The van der Waals surface area contributed by atoms with Gasteiger partial charge in [-0.25, -0.2) is 5.43 Å².